The van der Waals surface area contributed by atoms with Crippen molar-refractivity contribution in [3.63, 3.8) is 0 Å². The third-order valence-corrected chi connectivity index (χ3v) is 4.78. The Balaban J connectivity index is 1.51. The van der Waals surface area contributed by atoms with E-state index in [1.165, 1.54) is 10.1 Å². The Bertz CT molecular complexity index is 1240. The summed E-state index contributed by atoms with van der Waals surface area (Å²) in [5, 5.41) is 7.13. The minimum absolute atomic E-state index is 0.163. The maximum Gasteiger partial charge on any atom is 0.261 e. The van der Waals surface area contributed by atoms with Gasteiger partial charge in [0.1, 0.15) is 18.1 Å². The highest BCUT2D eigenvalue weighted by molar-refractivity contribution is 5.90. The highest BCUT2D eigenvalue weighted by Gasteiger charge is 2.14. The van der Waals surface area contributed by atoms with Crippen molar-refractivity contribution in [1.29, 1.82) is 0 Å². The summed E-state index contributed by atoms with van der Waals surface area (Å²) in [5.74, 6) is 0.304. The van der Waals surface area contributed by atoms with Crippen LogP contribution in [0.25, 0.3) is 22.2 Å². The van der Waals surface area contributed by atoms with E-state index in [9.17, 15) is 9.59 Å². The zero-order valence-corrected chi connectivity index (χ0v) is 16.2. The van der Waals surface area contributed by atoms with Gasteiger partial charge in [-0.15, -0.1) is 0 Å². The minimum atomic E-state index is -0.392. The lowest BCUT2D eigenvalue weighted by Gasteiger charge is -2.10. The number of hydrogen-bond donors (Lipinski definition) is 1. The van der Waals surface area contributed by atoms with Crippen LogP contribution in [0, 0.1) is 6.92 Å². The lowest BCUT2D eigenvalue weighted by atomic mass is 10.1. The number of nitrogens with zero attached hydrogens (tertiary/aromatic N) is 3. The van der Waals surface area contributed by atoms with Gasteiger partial charge in [-0.3, -0.25) is 19.5 Å². The van der Waals surface area contributed by atoms with Gasteiger partial charge in [-0.1, -0.05) is 48.5 Å². The summed E-state index contributed by atoms with van der Waals surface area (Å²) in [5.41, 5.74) is 3.12. The molecule has 7 nitrogen and oxygen atoms in total. The number of fused-ring (bicyclic) bond motifs is 1. The van der Waals surface area contributed by atoms with Gasteiger partial charge in [-0.25, -0.2) is 4.98 Å². The number of aromatic nitrogens is 3. The summed E-state index contributed by atoms with van der Waals surface area (Å²) >= 11 is 0. The first-order valence-corrected chi connectivity index (χ1v) is 9.37. The highest BCUT2D eigenvalue weighted by Crippen LogP contribution is 2.22. The fourth-order valence-corrected chi connectivity index (χ4v) is 3.17. The zero-order valence-electron chi connectivity index (χ0n) is 16.2. The van der Waals surface area contributed by atoms with Crippen molar-refractivity contribution in [2.24, 2.45) is 0 Å². The van der Waals surface area contributed by atoms with E-state index < -0.39 is 5.91 Å². The van der Waals surface area contributed by atoms with Crippen molar-refractivity contribution in [3.05, 3.63) is 76.3 Å². The molecule has 0 spiro atoms. The largest absolute Gasteiger partial charge is 0.338 e. The van der Waals surface area contributed by atoms with Crippen molar-refractivity contribution in [2.75, 3.05) is 5.32 Å². The zero-order chi connectivity index (χ0) is 20.4. The molecule has 0 unspecified atom stereocenters. The molecule has 146 valence electrons. The summed E-state index contributed by atoms with van der Waals surface area (Å²) < 4.78 is 6.58. The maximum atomic E-state index is 12.7. The van der Waals surface area contributed by atoms with E-state index in [0.717, 1.165) is 12.0 Å². The lowest BCUT2D eigenvalue weighted by Crippen LogP contribution is -2.30. The number of nitrogens with one attached hydrogen (secondary N) is 1. The van der Waals surface area contributed by atoms with E-state index >= 15 is 0 Å². The average molecular weight is 388 g/mol. The van der Waals surface area contributed by atoms with E-state index in [0.29, 0.717) is 22.4 Å². The third-order valence-electron chi connectivity index (χ3n) is 4.78. The SMILES string of the molecule is CCc1ccc(-c2cc(NC(=O)Cn3c(C)nc4ccccc4c3=O)on2)cc1. The molecule has 2 heterocycles. The van der Waals surface area contributed by atoms with Gasteiger partial charge in [0, 0.05) is 11.6 Å². The molecule has 1 amide bonds. The number of benzene rings is 2. The van der Waals surface area contributed by atoms with Crippen LogP contribution in [0.1, 0.15) is 18.3 Å². The van der Waals surface area contributed by atoms with Gasteiger partial charge in [0.2, 0.25) is 11.8 Å². The number of hydrogen-bond acceptors (Lipinski definition) is 5. The minimum Gasteiger partial charge on any atom is -0.338 e. The molecular weight excluding hydrogens is 368 g/mol. The molecule has 0 atom stereocenters. The highest BCUT2D eigenvalue weighted by atomic mass is 16.5. The molecule has 4 aromatic rings. The van der Waals surface area contributed by atoms with E-state index in [2.05, 4.69) is 22.4 Å². The van der Waals surface area contributed by atoms with Gasteiger partial charge in [0.15, 0.2) is 0 Å². The lowest BCUT2D eigenvalue weighted by molar-refractivity contribution is -0.116. The molecule has 0 fully saturated rings. The Hall–Kier alpha value is -3.74. The topological polar surface area (TPSA) is 90.0 Å². The van der Waals surface area contributed by atoms with Crippen LogP contribution in [-0.4, -0.2) is 20.6 Å². The van der Waals surface area contributed by atoms with E-state index in [-0.39, 0.29) is 18.0 Å². The second-order valence-electron chi connectivity index (χ2n) is 6.74. The summed E-state index contributed by atoms with van der Waals surface area (Å²) in [4.78, 5) is 29.6. The summed E-state index contributed by atoms with van der Waals surface area (Å²) in [6, 6.07) is 16.7. The van der Waals surface area contributed by atoms with Gasteiger partial charge in [0.25, 0.3) is 5.56 Å². The van der Waals surface area contributed by atoms with E-state index in [1.807, 2.05) is 30.3 Å². The van der Waals surface area contributed by atoms with Crippen LogP contribution in [0.2, 0.25) is 0 Å². The molecule has 2 aromatic carbocycles. The van der Waals surface area contributed by atoms with E-state index in [4.69, 9.17) is 4.52 Å². The normalized spacial score (nSPS) is 11.0. The first-order chi connectivity index (χ1) is 14.0. The number of aryl methyl sites for hydroxylation is 2. The molecular formula is C22H20N4O3. The quantitative estimate of drug-likeness (QED) is 0.565. The number of anilines is 1. The predicted octanol–water partition coefficient (Wildman–Crippen LogP) is 3.56. The van der Waals surface area contributed by atoms with Gasteiger partial charge in [-0.05, 0) is 31.0 Å². The van der Waals surface area contributed by atoms with Crippen molar-refractivity contribution >= 4 is 22.7 Å². The molecule has 2 aromatic heterocycles. The number of rotatable bonds is 5. The summed E-state index contributed by atoms with van der Waals surface area (Å²) in [7, 11) is 0. The van der Waals surface area contributed by atoms with Crippen LogP contribution in [-0.2, 0) is 17.8 Å². The first kappa shape index (κ1) is 18.6. The summed E-state index contributed by atoms with van der Waals surface area (Å²) in [6.45, 7) is 3.63. The second-order valence-corrected chi connectivity index (χ2v) is 6.74. The first-order valence-electron chi connectivity index (χ1n) is 9.37. The molecule has 0 radical (unpaired) electrons. The molecule has 0 bridgehead atoms. The fraction of sp³-hybridized carbons (Fsp3) is 0.182. The predicted molar refractivity (Wildman–Crippen MR) is 111 cm³/mol. The Kier molecular flexibility index (Phi) is 4.95. The van der Waals surface area contributed by atoms with Crippen LogP contribution in [0.15, 0.2) is 63.9 Å². The van der Waals surface area contributed by atoms with Crippen LogP contribution >= 0.6 is 0 Å². The fourth-order valence-electron chi connectivity index (χ4n) is 3.17. The van der Waals surface area contributed by atoms with Crippen LogP contribution in [0.4, 0.5) is 5.88 Å². The molecule has 29 heavy (non-hydrogen) atoms. The molecule has 7 heteroatoms. The standard InChI is InChI=1S/C22H20N4O3/c1-3-15-8-10-16(11-9-15)19-12-21(29-25-19)24-20(27)13-26-14(2)23-18-7-5-4-6-17(18)22(26)28/h4-12H,3,13H2,1-2H3,(H,24,27). The Morgan fingerprint density at radius 2 is 1.90 bits per heavy atom. The number of amides is 1. The van der Waals surface area contributed by atoms with Gasteiger partial charge in [0.05, 0.1) is 10.9 Å². The van der Waals surface area contributed by atoms with Gasteiger partial charge in [-0.2, -0.15) is 0 Å². The molecule has 0 aliphatic rings. The molecule has 1 N–H and O–H groups in total. The third kappa shape index (κ3) is 3.80. The van der Waals surface area contributed by atoms with Gasteiger partial charge >= 0.3 is 0 Å². The number of carbonyl (C=O) groups is 1. The van der Waals surface area contributed by atoms with Crippen molar-refractivity contribution in [1.82, 2.24) is 14.7 Å². The monoisotopic (exact) mass is 388 g/mol. The Morgan fingerprint density at radius 1 is 1.14 bits per heavy atom. The van der Waals surface area contributed by atoms with Crippen molar-refractivity contribution in [2.45, 2.75) is 26.8 Å². The Labute approximate surface area is 167 Å². The van der Waals surface area contributed by atoms with E-state index in [1.54, 1.807) is 31.2 Å². The van der Waals surface area contributed by atoms with Crippen molar-refractivity contribution in [3.8, 4) is 11.3 Å². The molecule has 0 aliphatic carbocycles. The van der Waals surface area contributed by atoms with Gasteiger partial charge < -0.3 is 4.52 Å². The Morgan fingerprint density at radius 3 is 2.66 bits per heavy atom. The van der Waals surface area contributed by atoms with Crippen molar-refractivity contribution < 1.29 is 9.32 Å². The average Bonchev–Trinajstić information content (AvgIpc) is 3.19. The smallest absolute Gasteiger partial charge is 0.261 e. The number of carbonyl (C=O) groups excluding carboxylic acids is 1. The van der Waals surface area contributed by atoms with Crippen LogP contribution in [0.3, 0.4) is 0 Å². The van der Waals surface area contributed by atoms with Crippen LogP contribution in [0.5, 0.6) is 0 Å². The molecule has 0 saturated carbocycles. The second kappa shape index (κ2) is 7.71. The summed E-state index contributed by atoms with van der Waals surface area (Å²) in [6.07, 6.45) is 0.961. The molecule has 0 aliphatic heterocycles. The molecule has 0 saturated heterocycles. The maximum absolute atomic E-state index is 12.7. The van der Waals surface area contributed by atoms with Crippen LogP contribution < -0.4 is 10.9 Å². The molecule has 4 rings (SSSR count). The number of para-hydroxylation sites is 1.